The first-order valence-electron chi connectivity index (χ1n) is 37.0. The van der Waals surface area contributed by atoms with E-state index >= 15 is 33.6 Å². The highest BCUT2D eigenvalue weighted by atomic mass is 16.5. The molecular formula is C77H124N12O14. The average Bonchev–Trinajstić information content (AvgIpc) is 0.817. The lowest BCUT2D eigenvalue weighted by atomic mass is 9.97. The van der Waals surface area contributed by atoms with Gasteiger partial charge in [0, 0.05) is 74.8 Å². The van der Waals surface area contributed by atoms with E-state index in [1.54, 1.807) is 100 Å². The predicted octanol–water partition coefficient (Wildman–Crippen LogP) is 4.72. The third-order valence-corrected chi connectivity index (χ3v) is 19.0. The van der Waals surface area contributed by atoms with Gasteiger partial charge in [-0.25, -0.2) is 0 Å². The van der Waals surface area contributed by atoms with E-state index in [-0.39, 0.29) is 94.7 Å². The molecule has 0 radical (unpaired) electrons. The highest BCUT2D eigenvalue weighted by Crippen LogP contribution is 2.24. The minimum Gasteiger partial charge on any atom is -0.396 e. The molecule has 0 spiro atoms. The summed E-state index contributed by atoms with van der Waals surface area (Å²) in [4.78, 5) is 190. The lowest BCUT2D eigenvalue weighted by molar-refractivity contribution is -0.152. The highest BCUT2D eigenvalue weighted by Gasteiger charge is 2.44. The van der Waals surface area contributed by atoms with Gasteiger partial charge in [-0.05, 0) is 126 Å². The van der Waals surface area contributed by atoms with Crippen molar-refractivity contribution in [3.63, 3.8) is 0 Å². The Hall–Kier alpha value is -8.00. The Morgan fingerprint density at radius 1 is 0.485 bits per heavy atom. The zero-order valence-corrected chi connectivity index (χ0v) is 65.0. The second-order valence-corrected chi connectivity index (χ2v) is 31.2. The van der Waals surface area contributed by atoms with Crippen LogP contribution in [-0.4, -0.2) is 251 Å². The molecule has 0 unspecified atom stereocenters. The van der Waals surface area contributed by atoms with Crippen molar-refractivity contribution in [1.82, 2.24) is 60.9 Å². The summed E-state index contributed by atoms with van der Waals surface area (Å²) in [5, 5.41) is 24.3. The van der Waals surface area contributed by atoms with Gasteiger partial charge in [-0.15, -0.1) is 0 Å². The Morgan fingerprint density at radius 3 is 1.41 bits per heavy atom. The minimum absolute atomic E-state index is 0.0217. The SMILES string of the molecule is CC(C)C[C@@H]1NC(=O)[C@H](Cc2ccccc2)N(C)C(=O)[C@@H](CC(C)C)NC(=O)C[C@@H](C(=O)N2CCCCC2)NC(=O)[C@H](C(C)C)N(C)C(=O)[C@H](Cc2ccccc2)N(C)C(=O)[C@H](COC(C)(C)C)NC(=O)[C@H](CC(C)C)N(C)C(=O)CN(C)C(=O)[C@H](CCCCO)NC(=O)[C@H](CC(C)C)N(C)C1=O. The van der Waals surface area contributed by atoms with Crippen molar-refractivity contribution >= 4 is 70.9 Å². The van der Waals surface area contributed by atoms with Gasteiger partial charge in [0.2, 0.25) is 70.9 Å². The summed E-state index contributed by atoms with van der Waals surface area (Å²) in [7, 11) is 8.51. The fraction of sp³-hybridized carbons (Fsp3) is 0.688. The number of benzene rings is 2. The quantitative estimate of drug-likeness (QED) is 0.0978. The molecule has 0 saturated carbocycles. The zero-order chi connectivity index (χ0) is 77.3. The topological polar surface area (TPSA) is 317 Å². The van der Waals surface area contributed by atoms with Crippen LogP contribution in [0.4, 0.5) is 0 Å². The Labute approximate surface area is 612 Å². The molecular weight excluding hydrogens is 1320 g/mol. The molecule has 4 rings (SSSR count). The van der Waals surface area contributed by atoms with E-state index < -0.39 is 156 Å². The number of amides is 12. The predicted molar refractivity (Wildman–Crippen MR) is 395 cm³/mol. The standard InChI is InChI=1S/C77H124N12O14/c1-48(2)39-56-72(98)86(17)62(43-53-31-23-20-24-32-53)69(95)80-57(40-49(3)4)73(99)85(16)61(42-51(7)8)68(94)79-55(35-27-30-38-90)71(97)83(14)46-65(92)84(15)60(41-50(5)6)67(93)82-59(47-103-77(11,12)13)74(100)87(18)63(44-54-33-25-21-26-34-54)76(102)88(19)66(52(9)10)70(96)81-58(45-64(91)78-56)75(101)89-36-28-22-29-37-89/h20-21,23-26,31-34,48-52,55-63,66,90H,22,27-30,35-47H2,1-19H3,(H,78,91)(H,79,94)(H,80,95)(H,81,96)(H,82,93)/t55-,56+,57-,58-,59-,60-,61-,62-,63-,66-/m0/s1. The minimum atomic E-state index is -1.51. The van der Waals surface area contributed by atoms with E-state index in [0.29, 0.717) is 37.1 Å². The Bertz CT molecular complexity index is 3140. The molecule has 2 aliphatic rings. The van der Waals surface area contributed by atoms with E-state index in [4.69, 9.17) is 4.74 Å². The number of rotatable bonds is 20. The summed E-state index contributed by atoms with van der Waals surface area (Å²) in [5.74, 6) is -9.84. The number of aliphatic hydroxyl groups is 1. The van der Waals surface area contributed by atoms with Crippen molar-refractivity contribution in [1.29, 1.82) is 0 Å². The van der Waals surface area contributed by atoms with Crippen LogP contribution in [0.15, 0.2) is 60.7 Å². The lowest BCUT2D eigenvalue weighted by Crippen LogP contribution is -2.62. The van der Waals surface area contributed by atoms with Gasteiger partial charge >= 0.3 is 0 Å². The largest absolute Gasteiger partial charge is 0.396 e. The van der Waals surface area contributed by atoms with Gasteiger partial charge in [0.05, 0.1) is 25.2 Å². The van der Waals surface area contributed by atoms with Gasteiger partial charge in [-0.2, -0.15) is 0 Å². The van der Waals surface area contributed by atoms with Gasteiger partial charge in [-0.1, -0.05) is 130 Å². The maximum Gasteiger partial charge on any atom is 0.247 e. The molecule has 2 aliphatic heterocycles. The maximum absolute atomic E-state index is 15.6. The van der Waals surface area contributed by atoms with E-state index in [1.165, 1.54) is 66.8 Å². The third-order valence-electron chi connectivity index (χ3n) is 19.0. The molecule has 0 aromatic heterocycles. The molecule has 2 saturated heterocycles. The summed E-state index contributed by atoms with van der Waals surface area (Å²) in [6.45, 7) is 23.1. The number of likely N-dealkylation sites (N-methyl/N-ethyl adjacent to an activating group) is 6. The molecule has 0 aliphatic carbocycles. The van der Waals surface area contributed by atoms with E-state index in [1.807, 2.05) is 55.4 Å². The second-order valence-electron chi connectivity index (χ2n) is 31.2. The van der Waals surface area contributed by atoms with Crippen molar-refractivity contribution < 1.29 is 67.4 Å². The number of carbonyl (C=O) groups is 12. The number of unbranched alkanes of at least 4 members (excludes halogenated alkanes) is 1. The number of ether oxygens (including phenoxy) is 1. The Kier molecular flexibility index (Phi) is 35.2. The summed E-state index contributed by atoms with van der Waals surface area (Å²) in [6.07, 6.45) is 2.37. The van der Waals surface area contributed by atoms with Gasteiger partial charge in [0.1, 0.15) is 60.4 Å². The lowest BCUT2D eigenvalue weighted by Gasteiger charge is -2.38. The molecule has 26 heteroatoms. The number of nitrogens with zero attached hydrogens (tertiary/aromatic N) is 7. The molecule has 0 bridgehead atoms. The second kappa shape index (κ2) is 41.5. The molecule has 12 amide bonds. The van der Waals surface area contributed by atoms with Crippen molar-refractivity contribution in [3.8, 4) is 0 Å². The number of aliphatic hydroxyl groups excluding tert-OH is 1. The average molecular weight is 1440 g/mol. The molecule has 2 heterocycles. The number of carbonyl (C=O) groups excluding carboxylic acids is 12. The normalized spacial score (nSPS) is 24.5. The molecule has 10 atom stereocenters. The van der Waals surface area contributed by atoms with Crippen LogP contribution in [0, 0.1) is 29.6 Å². The van der Waals surface area contributed by atoms with Gasteiger partial charge in [-0.3, -0.25) is 57.5 Å². The monoisotopic (exact) mass is 1440 g/mol. The summed E-state index contributed by atoms with van der Waals surface area (Å²) in [6, 6.07) is 4.63. The van der Waals surface area contributed by atoms with Crippen LogP contribution in [0.1, 0.15) is 172 Å². The third kappa shape index (κ3) is 27.2. The van der Waals surface area contributed by atoms with Gasteiger partial charge < -0.3 is 70.7 Å². The van der Waals surface area contributed by atoms with Crippen molar-refractivity contribution in [2.24, 2.45) is 29.6 Å². The summed E-state index contributed by atoms with van der Waals surface area (Å²) >= 11 is 0. The van der Waals surface area contributed by atoms with Crippen LogP contribution in [0.25, 0.3) is 0 Å². The first-order chi connectivity index (χ1) is 48.3. The van der Waals surface area contributed by atoms with Crippen molar-refractivity contribution in [2.75, 3.05) is 75.1 Å². The van der Waals surface area contributed by atoms with Crippen LogP contribution in [0.2, 0.25) is 0 Å². The van der Waals surface area contributed by atoms with Gasteiger partial charge in [0.15, 0.2) is 0 Å². The fourth-order valence-corrected chi connectivity index (χ4v) is 13.2. The summed E-state index contributed by atoms with van der Waals surface area (Å²) < 4.78 is 6.22. The zero-order valence-electron chi connectivity index (χ0n) is 65.0. The van der Waals surface area contributed by atoms with E-state index in [2.05, 4.69) is 26.6 Å². The van der Waals surface area contributed by atoms with E-state index in [0.717, 1.165) is 11.3 Å². The number of hydrogen-bond acceptors (Lipinski definition) is 14. The van der Waals surface area contributed by atoms with Crippen molar-refractivity contribution in [3.05, 3.63) is 71.8 Å². The number of likely N-dealkylation sites (tertiary alicyclic amines) is 1. The fourth-order valence-electron chi connectivity index (χ4n) is 13.2. The molecule has 2 fully saturated rings. The summed E-state index contributed by atoms with van der Waals surface area (Å²) in [5.41, 5.74) is 0.448. The van der Waals surface area contributed by atoms with Gasteiger partial charge in [0.25, 0.3) is 0 Å². The molecule has 103 heavy (non-hydrogen) atoms. The molecule has 576 valence electrons. The Morgan fingerprint density at radius 2 is 0.922 bits per heavy atom. The first-order valence-corrected chi connectivity index (χ1v) is 37.0. The van der Waals surface area contributed by atoms with Crippen LogP contribution in [0.3, 0.4) is 0 Å². The number of piperidine rings is 1. The smallest absolute Gasteiger partial charge is 0.247 e. The van der Waals surface area contributed by atoms with Crippen molar-refractivity contribution in [2.45, 2.75) is 239 Å². The maximum atomic E-state index is 15.6. The number of hydrogen-bond donors (Lipinski definition) is 6. The molecule has 6 N–H and O–H groups in total. The molecule has 2 aromatic rings. The number of nitrogens with one attached hydrogen (secondary N) is 5. The van der Waals surface area contributed by atoms with Crippen LogP contribution < -0.4 is 26.6 Å². The van der Waals surface area contributed by atoms with Crippen LogP contribution >= 0.6 is 0 Å². The molecule has 26 nitrogen and oxygen atoms in total. The van der Waals surface area contributed by atoms with Crippen LogP contribution in [0.5, 0.6) is 0 Å². The molecule has 2 aromatic carbocycles. The highest BCUT2D eigenvalue weighted by molar-refractivity contribution is 6.00. The van der Waals surface area contributed by atoms with Crippen LogP contribution in [-0.2, 0) is 75.1 Å². The van der Waals surface area contributed by atoms with E-state index in [9.17, 15) is 29.1 Å². The first kappa shape index (κ1) is 87.4. The Balaban J connectivity index is 2.01.